The first-order valence-electron chi connectivity index (χ1n) is 8.97. The van der Waals surface area contributed by atoms with Crippen LogP contribution >= 0.6 is 0 Å². The van der Waals surface area contributed by atoms with Gasteiger partial charge >= 0.3 is 5.97 Å². The van der Waals surface area contributed by atoms with Gasteiger partial charge in [-0.05, 0) is 62.3 Å². The number of carbonyl (C=O) groups is 2. The number of nitrogens with one attached hydrogen (secondary N) is 1. The van der Waals surface area contributed by atoms with Gasteiger partial charge in [0.25, 0.3) is 5.91 Å². The summed E-state index contributed by atoms with van der Waals surface area (Å²) in [7, 11) is 0. The quantitative estimate of drug-likeness (QED) is 0.858. The Labute approximate surface area is 152 Å². The van der Waals surface area contributed by atoms with Gasteiger partial charge in [-0.3, -0.25) is 4.79 Å². The summed E-state index contributed by atoms with van der Waals surface area (Å²) in [6.07, 6.45) is 6.69. The Morgan fingerprint density at radius 3 is 2.62 bits per heavy atom. The predicted molar refractivity (Wildman–Crippen MR) is 96.2 cm³/mol. The van der Waals surface area contributed by atoms with Gasteiger partial charge in [-0.15, -0.1) is 0 Å². The Bertz CT molecular complexity index is 793. The third-order valence-corrected chi connectivity index (χ3v) is 5.42. The van der Waals surface area contributed by atoms with E-state index < -0.39 is 11.5 Å². The highest BCUT2D eigenvalue weighted by atomic mass is 16.4. The van der Waals surface area contributed by atoms with E-state index in [1.807, 2.05) is 6.92 Å². The van der Waals surface area contributed by atoms with E-state index in [0.29, 0.717) is 24.3 Å². The first-order chi connectivity index (χ1) is 12.4. The van der Waals surface area contributed by atoms with Gasteiger partial charge in [0, 0.05) is 5.56 Å². The molecule has 0 atom stereocenters. The van der Waals surface area contributed by atoms with Gasteiger partial charge in [-0.25, -0.2) is 14.5 Å². The van der Waals surface area contributed by atoms with Gasteiger partial charge in [-0.2, -0.15) is 5.10 Å². The van der Waals surface area contributed by atoms with Gasteiger partial charge in [0.05, 0.1) is 5.69 Å². The highest BCUT2D eigenvalue weighted by Crippen LogP contribution is 2.34. The minimum Gasteiger partial charge on any atom is -0.480 e. The highest BCUT2D eigenvalue weighted by molar-refractivity contribution is 5.98. The fourth-order valence-corrected chi connectivity index (χ4v) is 3.65. The maximum Gasteiger partial charge on any atom is 0.329 e. The van der Waals surface area contributed by atoms with Crippen molar-refractivity contribution in [3.05, 3.63) is 42.0 Å². The average Bonchev–Trinajstić information content (AvgIpc) is 3.16. The molecular weight excluding hydrogens is 332 g/mol. The molecule has 0 bridgehead atoms. The summed E-state index contributed by atoms with van der Waals surface area (Å²) < 4.78 is 1.63. The second-order valence-corrected chi connectivity index (χ2v) is 7.03. The van der Waals surface area contributed by atoms with Crippen molar-refractivity contribution in [2.75, 3.05) is 0 Å². The van der Waals surface area contributed by atoms with Crippen LogP contribution in [-0.2, 0) is 4.79 Å². The molecule has 0 spiro atoms. The van der Waals surface area contributed by atoms with Crippen LogP contribution in [0.15, 0.2) is 30.9 Å². The number of aryl methyl sites for hydroxylation is 1. The molecule has 3 rings (SSSR count). The number of nitrogens with zero attached hydrogens (tertiary/aromatic N) is 3. The molecule has 1 amide bonds. The van der Waals surface area contributed by atoms with Crippen LogP contribution in [0.25, 0.3) is 5.69 Å². The number of benzene rings is 1. The van der Waals surface area contributed by atoms with Gasteiger partial charge in [-0.1, -0.05) is 13.3 Å². The molecule has 1 fully saturated rings. The zero-order chi connectivity index (χ0) is 18.7. The second kappa shape index (κ2) is 7.27. The maximum atomic E-state index is 12.7. The van der Waals surface area contributed by atoms with Gasteiger partial charge in [0.2, 0.25) is 0 Å². The molecule has 1 saturated carbocycles. The van der Waals surface area contributed by atoms with Crippen LogP contribution in [0.4, 0.5) is 0 Å². The number of carboxylic acid groups (broad SMARTS) is 1. The van der Waals surface area contributed by atoms with Crippen LogP contribution in [0.5, 0.6) is 0 Å². The zero-order valence-electron chi connectivity index (χ0n) is 15.1. The van der Waals surface area contributed by atoms with Crippen LogP contribution < -0.4 is 5.32 Å². The van der Waals surface area contributed by atoms with Crippen molar-refractivity contribution >= 4 is 11.9 Å². The van der Waals surface area contributed by atoms with Crippen LogP contribution in [-0.4, -0.2) is 37.3 Å². The lowest BCUT2D eigenvalue weighted by atomic mass is 9.75. The molecule has 138 valence electrons. The minimum atomic E-state index is -1.17. The van der Waals surface area contributed by atoms with Crippen molar-refractivity contribution in [2.45, 2.75) is 51.5 Å². The molecule has 0 saturated heterocycles. The lowest BCUT2D eigenvalue weighted by Gasteiger charge is -2.37. The van der Waals surface area contributed by atoms with E-state index in [-0.39, 0.29) is 5.91 Å². The molecule has 1 aliphatic rings. The standard InChI is InChI=1S/C19H24N4O3/c1-3-14-6-8-19(9-7-14,18(25)26)22-17(24)15-4-5-16(13(2)10-15)23-12-20-11-21-23/h4-5,10-12,14H,3,6-9H2,1-2H3,(H,22,24)(H,25,26). The molecule has 2 aromatic rings. The van der Waals surface area contributed by atoms with Crippen molar-refractivity contribution < 1.29 is 14.7 Å². The summed E-state index contributed by atoms with van der Waals surface area (Å²) in [6.45, 7) is 4.00. The van der Waals surface area contributed by atoms with E-state index >= 15 is 0 Å². The molecule has 1 heterocycles. The number of rotatable bonds is 5. The molecule has 0 radical (unpaired) electrons. The van der Waals surface area contributed by atoms with Crippen molar-refractivity contribution in [1.29, 1.82) is 0 Å². The number of hydrogen-bond donors (Lipinski definition) is 2. The van der Waals surface area contributed by atoms with Gasteiger partial charge in [0.15, 0.2) is 0 Å². The molecule has 1 aromatic carbocycles. The third kappa shape index (κ3) is 3.47. The van der Waals surface area contributed by atoms with Crippen LogP contribution in [0.1, 0.15) is 54.9 Å². The minimum absolute atomic E-state index is 0.351. The summed E-state index contributed by atoms with van der Waals surface area (Å²) in [5.41, 5.74) is 0.976. The molecular formula is C19H24N4O3. The second-order valence-electron chi connectivity index (χ2n) is 7.03. The Hall–Kier alpha value is -2.70. The van der Waals surface area contributed by atoms with Crippen LogP contribution in [0.3, 0.4) is 0 Å². The lowest BCUT2D eigenvalue weighted by molar-refractivity contribution is -0.146. The molecule has 1 aliphatic carbocycles. The largest absolute Gasteiger partial charge is 0.480 e. The van der Waals surface area contributed by atoms with E-state index in [1.54, 1.807) is 29.2 Å². The zero-order valence-corrected chi connectivity index (χ0v) is 15.1. The Morgan fingerprint density at radius 1 is 1.35 bits per heavy atom. The maximum absolute atomic E-state index is 12.7. The Morgan fingerprint density at radius 2 is 2.08 bits per heavy atom. The van der Waals surface area contributed by atoms with Crippen molar-refractivity contribution in [1.82, 2.24) is 20.1 Å². The van der Waals surface area contributed by atoms with Gasteiger partial charge < -0.3 is 10.4 Å². The monoisotopic (exact) mass is 356 g/mol. The number of carbonyl (C=O) groups excluding carboxylic acids is 1. The van der Waals surface area contributed by atoms with Crippen LogP contribution in [0, 0.1) is 12.8 Å². The Balaban J connectivity index is 1.78. The van der Waals surface area contributed by atoms with E-state index in [1.165, 1.54) is 6.33 Å². The number of amides is 1. The van der Waals surface area contributed by atoms with Crippen molar-refractivity contribution in [2.24, 2.45) is 5.92 Å². The van der Waals surface area contributed by atoms with Crippen LogP contribution in [0.2, 0.25) is 0 Å². The summed E-state index contributed by atoms with van der Waals surface area (Å²) in [6, 6.07) is 5.23. The number of aromatic nitrogens is 3. The smallest absolute Gasteiger partial charge is 0.329 e. The topological polar surface area (TPSA) is 97.1 Å². The average molecular weight is 356 g/mol. The summed E-state index contributed by atoms with van der Waals surface area (Å²) >= 11 is 0. The SMILES string of the molecule is CCC1CCC(NC(=O)c2ccc(-n3cncn3)c(C)c2)(C(=O)O)CC1. The van der Waals surface area contributed by atoms with Crippen molar-refractivity contribution in [3.8, 4) is 5.69 Å². The Kier molecular flexibility index (Phi) is 5.06. The number of carboxylic acids is 1. The first-order valence-corrected chi connectivity index (χ1v) is 8.97. The fraction of sp³-hybridized carbons (Fsp3) is 0.474. The molecule has 26 heavy (non-hydrogen) atoms. The summed E-state index contributed by atoms with van der Waals surface area (Å²) in [5, 5.41) is 16.6. The van der Waals surface area contributed by atoms with Crippen molar-refractivity contribution in [3.63, 3.8) is 0 Å². The van der Waals surface area contributed by atoms with E-state index in [4.69, 9.17) is 0 Å². The third-order valence-electron chi connectivity index (χ3n) is 5.42. The first kappa shape index (κ1) is 18.1. The van der Waals surface area contributed by atoms with E-state index in [9.17, 15) is 14.7 Å². The predicted octanol–water partition coefficient (Wildman–Crippen LogP) is 2.73. The molecule has 1 aromatic heterocycles. The summed E-state index contributed by atoms with van der Waals surface area (Å²) in [4.78, 5) is 28.5. The number of hydrogen-bond acceptors (Lipinski definition) is 4. The molecule has 0 unspecified atom stereocenters. The van der Waals surface area contributed by atoms with Gasteiger partial charge in [0.1, 0.15) is 18.2 Å². The van der Waals surface area contributed by atoms with E-state index in [0.717, 1.165) is 30.5 Å². The highest BCUT2D eigenvalue weighted by Gasteiger charge is 2.43. The summed E-state index contributed by atoms with van der Waals surface area (Å²) in [5.74, 6) is -0.754. The molecule has 0 aliphatic heterocycles. The molecule has 2 N–H and O–H groups in total. The lowest BCUT2D eigenvalue weighted by Crippen LogP contribution is -2.56. The normalized spacial score (nSPS) is 22.8. The molecule has 7 nitrogen and oxygen atoms in total. The number of aliphatic carboxylic acids is 1. The fourth-order valence-electron chi connectivity index (χ4n) is 3.65. The molecule has 7 heteroatoms. The van der Waals surface area contributed by atoms with E-state index in [2.05, 4.69) is 22.3 Å².